The molecule has 2 aromatic rings. The fourth-order valence-electron chi connectivity index (χ4n) is 1.21. The summed E-state index contributed by atoms with van der Waals surface area (Å²) in [5, 5.41) is 0.665. The Hall–Kier alpha value is -0.260. The predicted octanol–water partition coefficient (Wildman–Crippen LogP) is -1.52. The molecule has 0 aliphatic heterocycles. The SMILES string of the molecule is O=S([O-])c1ccnc2ccccc12.[Na+]. The van der Waals surface area contributed by atoms with Crippen LogP contribution in [0.25, 0.3) is 10.9 Å². The van der Waals surface area contributed by atoms with Crippen molar-refractivity contribution >= 4 is 22.0 Å². The van der Waals surface area contributed by atoms with E-state index < -0.39 is 11.1 Å². The molecule has 1 atom stereocenters. The monoisotopic (exact) mass is 215 g/mol. The van der Waals surface area contributed by atoms with Crippen molar-refractivity contribution in [3.05, 3.63) is 36.5 Å². The van der Waals surface area contributed by atoms with E-state index in [0.29, 0.717) is 15.8 Å². The van der Waals surface area contributed by atoms with Gasteiger partial charge in [-0.1, -0.05) is 18.2 Å². The molecule has 0 saturated carbocycles. The van der Waals surface area contributed by atoms with E-state index in [0.717, 1.165) is 0 Å². The summed E-state index contributed by atoms with van der Waals surface area (Å²) >= 11 is -2.19. The van der Waals surface area contributed by atoms with Crippen LogP contribution in [0.4, 0.5) is 0 Å². The number of pyridine rings is 1. The molecule has 0 saturated heterocycles. The maximum Gasteiger partial charge on any atom is 1.00 e. The van der Waals surface area contributed by atoms with Gasteiger partial charge in [0.05, 0.1) is 5.52 Å². The van der Waals surface area contributed by atoms with Gasteiger partial charge in [-0.25, -0.2) is 0 Å². The van der Waals surface area contributed by atoms with Crippen molar-refractivity contribution in [2.24, 2.45) is 0 Å². The van der Waals surface area contributed by atoms with E-state index in [9.17, 15) is 8.76 Å². The van der Waals surface area contributed by atoms with Crippen LogP contribution in [0, 0.1) is 0 Å². The first-order valence-corrected chi connectivity index (χ1v) is 4.79. The molecule has 0 aliphatic carbocycles. The van der Waals surface area contributed by atoms with Crippen molar-refractivity contribution < 1.29 is 38.3 Å². The van der Waals surface area contributed by atoms with Crippen molar-refractivity contribution in [1.29, 1.82) is 0 Å². The normalized spacial score (nSPS) is 12.1. The fourth-order valence-corrected chi connectivity index (χ4v) is 1.74. The second-order valence-electron chi connectivity index (χ2n) is 2.56. The molecular weight excluding hydrogens is 209 g/mol. The van der Waals surface area contributed by atoms with Gasteiger partial charge in [-0.05, 0) is 23.2 Å². The number of hydrogen-bond acceptors (Lipinski definition) is 3. The number of hydrogen-bond donors (Lipinski definition) is 0. The molecule has 0 N–H and O–H groups in total. The van der Waals surface area contributed by atoms with Crippen LogP contribution in [0.2, 0.25) is 0 Å². The third-order valence-corrected chi connectivity index (χ3v) is 2.50. The first-order valence-electron chi connectivity index (χ1n) is 3.72. The third-order valence-electron chi connectivity index (χ3n) is 1.79. The molecule has 0 bridgehead atoms. The zero-order chi connectivity index (χ0) is 9.26. The summed E-state index contributed by atoms with van der Waals surface area (Å²) in [7, 11) is 0. The van der Waals surface area contributed by atoms with Crippen molar-refractivity contribution in [1.82, 2.24) is 4.98 Å². The molecule has 1 unspecified atom stereocenters. The zero-order valence-electron chi connectivity index (χ0n) is 7.64. The molecule has 5 heteroatoms. The minimum absolute atomic E-state index is 0. The summed E-state index contributed by atoms with van der Waals surface area (Å²) in [5.74, 6) is 0. The Bertz CT molecular complexity index is 470. The minimum Gasteiger partial charge on any atom is -0.768 e. The van der Waals surface area contributed by atoms with E-state index in [4.69, 9.17) is 0 Å². The van der Waals surface area contributed by atoms with E-state index >= 15 is 0 Å². The quantitative estimate of drug-likeness (QED) is 0.428. The molecule has 2 rings (SSSR count). The van der Waals surface area contributed by atoms with Gasteiger partial charge in [-0.15, -0.1) is 0 Å². The van der Waals surface area contributed by atoms with E-state index in [1.165, 1.54) is 12.3 Å². The predicted molar refractivity (Wildman–Crippen MR) is 48.9 cm³/mol. The van der Waals surface area contributed by atoms with E-state index in [-0.39, 0.29) is 29.6 Å². The number of nitrogens with zero attached hydrogens (tertiary/aromatic N) is 1. The fraction of sp³-hybridized carbons (Fsp3) is 0. The molecule has 0 aliphatic rings. The third kappa shape index (κ3) is 2.21. The molecule has 0 amide bonds. The Balaban J connectivity index is 0.000000980. The van der Waals surface area contributed by atoms with Crippen LogP contribution in [0.15, 0.2) is 41.4 Å². The van der Waals surface area contributed by atoms with Gasteiger partial charge in [0.15, 0.2) is 0 Å². The molecule has 1 aromatic heterocycles. The maximum absolute atomic E-state index is 10.8. The first-order chi connectivity index (χ1) is 6.29. The Kier molecular flexibility index (Phi) is 4.22. The Labute approximate surface area is 106 Å². The zero-order valence-corrected chi connectivity index (χ0v) is 10.5. The molecule has 0 spiro atoms. The standard InChI is InChI=1S/C9H7NO2S.Na/c11-13(12)9-5-6-10-8-4-2-1-3-7(8)9;/h1-6H,(H,11,12);/q;+1/p-1. The topological polar surface area (TPSA) is 53.0 Å². The maximum atomic E-state index is 10.8. The number of aromatic nitrogens is 1. The van der Waals surface area contributed by atoms with E-state index in [2.05, 4.69) is 4.98 Å². The van der Waals surface area contributed by atoms with Crippen LogP contribution < -0.4 is 29.6 Å². The average Bonchev–Trinajstić information content (AvgIpc) is 2.17. The van der Waals surface area contributed by atoms with Gasteiger partial charge >= 0.3 is 29.6 Å². The van der Waals surface area contributed by atoms with Crippen LogP contribution in [0.3, 0.4) is 0 Å². The smallest absolute Gasteiger partial charge is 0.768 e. The molecule has 0 fully saturated rings. The summed E-state index contributed by atoms with van der Waals surface area (Å²) < 4.78 is 21.6. The second-order valence-corrected chi connectivity index (χ2v) is 3.47. The van der Waals surface area contributed by atoms with Crippen molar-refractivity contribution in [3.63, 3.8) is 0 Å². The van der Waals surface area contributed by atoms with Gasteiger partial charge in [0, 0.05) is 16.5 Å². The van der Waals surface area contributed by atoms with Crippen LogP contribution in [-0.4, -0.2) is 13.7 Å². The van der Waals surface area contributed by atoms with Crippen molar-refractivity contribution in [2.75, 3.05) is 0 Å². The van der Waals surface area contributed by atoms with Crippen LogP contribution >= 0.6 is 0 Å². The Morgan fingerprint density at radius 1 is 1.21 bits per heavy atom. The number of para-hydroxylation sites is 1. The van der Waals surface area contributed by atoms with Crippen LogP contribution in [0.1, 0.15) is 0 Å². The van der Waals surface area contributed by atoms with Gasteiger partial charge in [0.25, 0.3) is 0 Å². The first kappa shape index (κ1) is 11.8. The molecule has 1 heterocycles. The summed E-state index contributed by atoms with van der Waals surface area (Å²) in [4.78, 5) is 4.35. The minimum atomic E-state index is -2.19. The molecule has 3 nitrogen and oxygen atoms in total. The van der Waals surface area contributed by atoms with Gasteiger partial charge < -0.3 is 4.55 Å². The number of rotatable bonds is 1. The molecule has 0 radical (unpaired) electrons. The summed E-state index contributed by atoms with van der Waals surface area (Å²) in [5.41, 5.74) is 0.698. The molecular formula is C9H6NNaO2S. The Morgan fingerprint density at radius 2 is 1.93 bits per heavy atom. The van der Waals surface area contributed by atoms with Crippen LogP contribution in [0.5, 0.6) is 0 Å². The molecule has 14 heavy (non-hydrogen) atoms. The van der Waals surface area contributed by atoms with E-state index in [1.54, 1.807) is 18.2 Å². The van der Waals surface area contributed by atoms with Gasteiger partial charge in [0.1, 0.15) is 0 Å². The average molecular weight is 215 g/mol. The Morgan fingerprint density at radius 3 is 2.64 bits per heavy atom. The summed E-state index contributed by atoms with van der Waals surface area (Å²) in [6, 6.07) is 8.64. The number of benzene rings is 1. The van der Waals surface area contributed by atoms with Crippen molar-refractivity contribution in [2.45, 2.75) is 4.90 Å². The van der Waals surface area contributed by atoms with Gasteiger partial charge in [-0.3, -0.25) is 9.19 Å². The summed E-state index contributed by atoms with van der Waals surface area (Å²) in [6.45, 7) is 0. The van der Waals surface area contributed by atoms with Gasteiger partial charge in [-0.2, -0.15) is 0 Å². The largest absolute Gasteiger partial charge is 1.00 e. The van der Waals surface area contributed by atoms with Crippen molar-refractivity contribution in [3.8, 4) is 0 Å². The van der Waals surface area contributed by atoms with Gasteiger partial charge in [0.2, 0.25) is 0 Å². The van der Waals surface area contributed by atoms with E-state index in [1.807, 2.05) is 6.07 Å². The molecule has 66 valence electrons. The summed E-state index contributed by atoms with van der Waals surface area (Å²) in [6.07, 6.45) is 1.49. The second kappa shape index (κ2) is 5.00. The number of fused-ring (bicyclic) bond motifs is 1. The van der Waals surface area contributed by atoms with Crippen LogP contribution in [-0.2, 0) is 11.1 Å². The molecule has 1 aromatic carbocycles.